The van der Waals surface area contributed by atoms with Crippen molar-refractivity contribution >= 4 is 33.2 Å². The van der Waals surface area contributed by atoms with E-state index in [4.69, 9.17) is 9.47 Å². The molecule has 2 rings (SSSR count). The zero-order valence-electron chi connectivity index (χ0n) is 14.0. The molecule has 24 heavy (non-hydrogen) atoms. The standard InChI is InChI=1S/C17H22BrN3O2S/c1-12(23-15-7-5-4-6-14(15)22-3)10-20-17(19-2)21-11-13-8-9-16(18)24-13/h4-9,12H,10-11H2,1-3H3,(H2,19,20,21). The molecular formula is C17H22BrN3O2S. The van der Waals surface area contributed by atoms with Gasteiger partial charge in [0.2, 0.25) is 0 Å². The number of rotatable bonds is 7. The Hall–Kier alpha value is -1.73. The van der Waals surface area contributed by atoms with E-state index in [1.165, 1.54) is 4.88 Å². The number of nitrogens with one attached hydrogen (secondary N) is 2. The van der Waals surface area contributed by atoms with Gasteiger partial charge in [-0.3, -0.25) is 4.99 Å². The Bertz CT molecular complexity index is 675. The minimum Gasteiger partial charge on any atom is -0.493 e. The van der Waals surface area contributed by atoms with Gasteiger partial charge in [0.25, 0.3) is 0 Å². The van der Waals surface area contributed by atoms with E-state index in [2.05, 4.69) is 37.6 Å². The average molecular weight is 412 g/mol. The van der Waals surface area contributed by atoms with E-state index in [0.29, 0.717) is 6.54 Å². The molecule has 1 unspecified atom stereocenters. The maximum Gasteiger partial charge on any atom is 0.191 e. The number of ether oxygens (including phenoxy) is 2. The molecule has 0 saturated carbocycles. The lowest BCUT2D eigenvalue weighted by Gasteiger charge is -2.18. The molecule has 0 radical (unpaired) electrons. The number of hydrogen-bond donors (Lipinski definition) is 2. The number of nitrogens with zero attached hydrogens (tertiary/aromatic N) is 1. The quantitative estimate of drug-likeness (QED) is 0.539. The van der Waals surface area contributed by atoms with Crippen molar-refractivity contribution in [3.05, 3.63) is 45.1 Å². The third-order valence-corrected chi connectivity index (χ3v) is 4.86. The third-order valence-electron chi connectivity index (χ3n) is 3.24. The molecule has 1 aromatic carbocycles. The summed E-state index contributed by atoms with van der Waals surface area (Å²) in [5.41, 5.74) is 0. The molecule has 130 valence electrons. The molecule has 0 bridgehead atoms. The van der Waals surface area contributed by atoms with E-state index in [9.17, 15) is 0 Å². The summed E-state index contributed by atoms with van der Waals surface area (Å²) in [6.07, 6.45) is -0.0317. The van der Waals surface area contributed by atoms with Crippen LogP contribution in [0.3, 0.4) is 0 Å². The normalized spacial score (nSPS) is 12.6. The van der Waals surface area contributed by atoms with Crippen LogP contribution in [0.5, 0.6) is 11.5 Å². The fourth-order valence-corrected chi connectivity index (χ4v) is 3.48. The molecule has 7 heteroatoms. The van der Waals surface area contributed by atoms with Crippen molar-refractivity contribution in [2.45, 2.75) is 19.6 Å². The van der Waals surface area contributed by atoms with Gasteiger partial charge in [0.15, 0.2) is 17.5 Å². The lowest BCUT2D eigenvalue weighted by molar-refractivity contribution is 0.213. The van der Waals surface area contributed by atoms with Gasteiger partial charge in [-0.05, 0) is 47.1 Å². The maximum atomic E-state index is 5.92. The Morgan fingerprint density at radius 3 is 2.58 bits per heavy atom. The number of guanidine groups is 1. The van der Waals surface area contributed by atoms with Crippen molar-refractivity contribution in [3.63, 3.8) is 0 Å². The van der Waals surface area contributed by atoms with Gasteiger partial charge >= 0.3 is 0 Å². The zero-order valence-corrected chi connectivity index (χ0v) is 16.4. The van der Waals surface area contributed by atoms with E-state index >= 15 is 0 Å². The second kappa shape index (κ2) is 9.54. The van der Waals surface area contributed by atoms with Crippen LogP contribution in [0.4, 0.5) is 0 Å². The smallest absolute Gasteiger partial charge is 0.191 e. The van der Waals surface area contributed by atoms with Crippen molar-refractivity contribution in [1.29, 1.82) is 0 Å². The Morgan fingerprint density at radius 2 is 1.96 bits per heavy atom. The Balaban J connectivity index is 1.79. The van der Waals surface area contributed by atoms with Gasteiger partial charge in [0.05, 0.1) is 24.0 Å². The van der Waals surface area contributed by atoms with Gasteiger partial charge in [0, 0.05) is 11.9 Å². The summed E-state index contributed by atoms with van der Waals surface area (Å²) in [6, 6.07) is 11.8. The minimum atomic E-state index is -0.0317. The number of hydrogen-bond acceptors (Lipinski definition) is 4. The molecule has 0 fully saturated rings. The summed E-state index contributed by atoms with van der Waals surface area (Å²) in [4.78, 5) is 5.47. The molecule has 1 heterocycles. The van der Waals surface area contributed by atoms with Crippen molar-refractivity contribution in [3.8, 4) is 11.5 Å². The first-order valence-electron chi connectivity index (χ1n) is 7.60. The third kappa shape index (κ3) is 5.72. The highest BCUT2D eigenvalue weighted by Crippen LogP contribution is 2.26. The summed E-state index contributed by atoms with van der Waals surface area (Å²) in [5.74, 6) is 2.21. The Morgan fingerprint density at radius 1 is 1.21 bits per heavy atom. The lowest BCUT2D eigenvalue weighted by atomic mass is 10.3. The molecule has 1 atom stereocenters. The van der Waals surface area contributed by atoms with Crippen molar-refractivity contribution in [2.75, 3.05) is 20.7 Å². The van der Waals surface area contributed by atoms with Crippen LogP contribution in [-0.4, -0.2) is 32.8 Å². The summed E-state index contributed by atoms with van der Waals surface area (Å²) < 4.78 is 12.3. The van der Waals surface area contributed by atoms with Crippen molar-refractivity contribution in [2.24, 2.45) is 4.99 Å². The van der Waals surface area contributed by atoms with Gasteiger partial charge in [-0.2, -0.15) is 0 Å². The van der Waals surface area contributed by atoms with Crippen LogP contribution in [0.2, 0.25) is 0 Å². The van der Waals surface area contributed by atoms with Gasteiger partial charge in [0.1, 0.15) is 6.10 Å². The minimum absolute atomic E-state index is 0.0317. The van der Waals surface area contributed by atoms with Crippen LogP contribution < -0.4 is 20.1 Å². The molecule has 2 aromatic rings. The molecule has 2 N–H and O–H groups in total. The first-order valence-corrected chi connectivity index (χ1v) is 9.21. The SMILES string of the molecule is CN=C(NCc1ccc(Br)s1)NCC(C)Oc1ccccc1OC. The predicted octanol–water partition coefficient (Wildman–Crippen LogP) is 3.65. The second-order valence-corrected chi connectivity index (χ2v) is 7.64. The summed E-state index contributed by atoms with van der Waals surface area (Å²) >= 11 is 5.17. The van der Waals surface area contributed by atoms with Crippen LogP contribution in [0, 0.1) is 0 Å². The van der Waals surface area contributed by atoms with Crippen LogP contribution >= 0.6 is 27.3 Å². The fraction of sp³-hybridized carbons (Fsp3) is 0.353. The summed E-state index contributed by atoms with van der Waals surface area (Å²) in [7, 11) is 3.39. The number of para-hydroxylation sites is 2. The molecular weight excluding hydrogens is 390 g/mol. The van der Waals surface area contributed by atoms with Crippen LogP contribution in [-0.2, 0) is 6.54 Å². The highest BCUT2D eigenvalue weighted by atomic mass is 79.9. The van der Waals surface area contributed by atoms with E-state index in [1.54, 1.807) is 25.5 Å². The Kier molecular flexibility index (Phi) is 7.39. The molecule has 0 amide bonds. The molecule has 0 aliphatic rings. The topological polar surface area (TPSA) is 54.9 Å². The van der Waals surface area contributed by atoms with Gasteiger partial charge in [-0.25, -0.2) is 0 Å². The predicted molar refractivity (Wildman–Crippen MR) is 103 cm³/mol. The van der Waals surface area contributed by atoms with E-state index in [0.717, 1.165) is 27.8 Å². The highest BCUT2D eigenvalue weighted by Gasteiger charge is 2.09. The number of benzene rings is 1. The summed E-state index contributed by atoms with van der Waals surface area (Å²) in [6.45, 7) is 3.37. The number of methoxy groups -OCH3 is 1. The first kappa shape index (κ1) is 18.6. The molecule has 0 saturated heterocycles. The first-order chi connectivity index (χ1) is 11.6. The van der Waals surface area contributed by atoms with Gasteiger partial charge < -0.3 is 20.1 Å². The number of aliphatic imine (C=N–C) groups is 1. The van der Waals surface area contributed by atoms with Gasteiger partial charge in [-0.1, -0.05) is 12.1 Å². The maximum absolute atomic E-state index is 5.92. The van der Waals surface area contributed by atoms with Crippen molar-refractivity contribution in [1.82, 2.24) is 10.6 Å². The molecule has 5 nitrogen and oxygen atoms in total. The van der Waals surface area contributed by atoms with Crippen LogP contribution in [0.15, 0.2) is 45.2 Å². The van der Waals surface area contributed by atoms with Crippen LogP contribution in [0.25, 0.3) is 0 Å². The number of halogens is 1. The van der Waals surface area contributed by atoms with E-state index in [1.807, 2.05) is 37.3 Å². The molecule has 1 aromatic heterocycles. The Labute approximate surface area is 155 Å². The highest BCUT2D eigenvalue weighted by molar-refractivity contribution is 9.11. The summed E-state index contributed by atoms with van der Waals surface area (Å²) in [5, 5.41) is 6.56. The van der Waals surface area contributed by atoms with Crippen molar-refractivity contribution < 1.29 is 9.47 Å². The molecule has 0 spiro atoms. The lowest BCUT2D eigenvalue weighted by Crippen LogP contribution is -2.41. The molecule has 0 aliphatic heterocycles. The van der Waals surface area contributed by atoms with E-state index < -0.39 is 0 Å². The molecule has 0 aliphatic carbocycles. The zero-order chi connectivity index (χ0) is 17.4. The largest absolute Gasteiger partial charge is 0.493 e. The second-order valence-electron chi connectivity index (χ2n) is 5.09. The monoisotopic (exact) mass is 411 g/mol. The number of thiophene rings is 1. The van der Waals surface area contributed by atoms with E-state index in [-0.39, 0.29) is 6.10 Å². The fourth-order valence-electron chi connectivity index (χ4n) is 2.05. The van der Waals surface area contributed by atoms with Gasteiger partial charge in [-0.15, -0.1) is 11.3 Å². The van der Waals surface area contributed by atoms with Crippen LogP contribution in [0.1, 0.15) is 11.8 Å². The average Bonchev–Trinajstić information content (AvgIpc) is 3.01.